The highest BCUT2D eigenvalue weighted by atomic mass is 16.4. The first-order valence-corrected chi connectivity index (χ1v) is 17.3. The summed E-state index contributed by atoms with van der Waals surface area (Å²) in [4.78, 5) is 23.6. The molecule has 0 aliphatic heterocycles. The van der Waals surface area contributed by atoms with E-state index in [0.717, 1.165) is 57.8 Å². The minimum absolute atomic E-state index is 0.270. The fourth-order valence-corrected chi connectivity index (χ4v) is 6.61. The van der Waals surface area contributed by atoms with Crippen molar-refractivity contribution in [3.05, 3.63) is 0 Å². The van der Waals surface area contributed by atoms with Gasteiger partial charge in [0, 0.05) is 6.42 Å². The molecule has 232 valence electrons. The number of aliphatic carboxylic acids is 2. The zero-order chi connectivity index (χ0) is 29.2. The van der Waals surface area contributed by atoms with Gasteiger partial charge in [-0.3, -0.25) is 9.59 Å². The highest BCUT2D eigenvalue weighted by Gasteiger charge is 2.45. The molecule has 0 heterocycles. The maximum atomic E-state index is 13.0. The van der Waals surface area contributed by atoms with E-state index in [-0.39, 0.29) is 5.92 Å². The van der Waals surface area contributed by atoms with Gasteiger partial charge in [-0.25, -0.2) is 0 Å². The van der Waals surface area contributed by atoms with E-state index in [0.29, 0.717) is 12.3 Å². The molecule has 2 N–H and O–H groups in total. The molecule has 0 saturated heterocycles. The van der Waals surface area contributed by atoms with Crippen LogP contribution in [0.2, 0.25) is 0 Å². The fraction of sp³-hybridized carbons (Fsp3) is 0.943. The molecule has 0 rings (SSSR count). The Hall–Kier alpha value is -1.06. The summed E-state index contributed by atoms with van der Waals surface area (Å²) in [6, 6.07) is 0. The Morgan fingerprint density at radius 1 is 0.538 bits per heavy atom. The maximum absolute atomic E-state index is 13.0. The van der Waals surface area contributed by atoms with Crippen molar-refractivity contribution in [1.82, 2.24) is 0 Å². The predicted octanol–water partition coefficient (Wildman–Crippen LogP) is 11.6. The molecule has 0 aliphatic rings. The number of hydrogen-bond donors (Lipinski definition) is 2. The fourth-order valence-electron chi connectivity index (χ4n) is 6.61. The Morgan fingerprint density at radius 3 is 1.26 bits per heavy atom. The number of carbonyl (C=O) groups is 2. The van der Waals surface area contributed by atoms with Gasteiger partial charge in [0.25, 0.3) is 0 Å². The van der Waals surface area contributed by atoms with Crippen LogP contribution in [-0.2, 0) is 9.59 Å². The average molecular weight is 553 g/mol. The van der Waals surface area contributed by atoms with Gasteiger partial charge in [-0.2, -0.15) is 0 Å². The molecule has 0 aromatic rings. The summed E-state index contributed by atoms with van der Waals surface area (Å²) in [6.45, 7) is 9.02. The first-order valence-electron chi connectivity index (χ1n) is 17.3. The summed E-state index contributed by atoms with van der Waals surface area (Å²) < 4.78 is 0. The molecule has 0 amide bonds. The Balaban J connectivity index is 4.74. The topological polar surface area (TPSA) is 74.6 Å². The zero-order valence-corrected chi connectivity index (χ0v) is 26.8. The van der Waals surface area contributed by atoms with Gasteiger partial charge in [0.15, 0.2) is 0 Å². The van der Waals surface area contributed by atoms with Gasteiger partial charge < -0.3 is 10.2 Å². The van der Waals surface area contributed by atoms with Crippen LogP contribution in [0.4, 0.5) is 0 Å². The van der Waals surface area contributed by atoms with Crippen molar-refractivity contribution in [2.24, 2.45) is 17.3 Å². The van der Waals surface area contributed by atoms with Crippen LogP contribution in [0, 0.1) is 17.3 Å². The summed E-state index contributed by atoms with van der Waals surface area (Å²) in [7, 11) is 0. The lowest BCUT2D eigenvalue weighted by Crippen LogP contribution is -2.41. The molecule has 0 spiro atoms. The molecule has 4 heteroatoms. The standard InChI is InChI=1S/C35H68O4/c1-5-7-9-11-21-25-29-35(34(38)39,30-26-22-12-10-8-6-2)32(31(3)4)27-23-19-17-15-13-14-16-18-20-24-28-33(36)37/h31-32H,5-30H2,1-4H3,(H,36,37)(H,38,39). The molecule has 0 saturated carbocycles. The largest absolute Gasteiger partial charge is 0.481 e. The Morgan fingerprint density at radius 2 is 0.897 bits per heavy atom. The SMILES string of the molecule is CCCCCCCCC(CCCCCCCC)(C(=O)O)C(CCCCCCCCCCCCC(=O)O)C(C)C. The number of carboxylic acids is 2. The van der Waals surface area contributed by atoms with Crippen LogP contribution in [0.5, 0.6) is 0 Å². The van der Waals surface area contributed by atoms with Crippen LogP contribution in [0.25, 0.3) is 0 Å². The minimum Gasteiger partial charge on any atom is -0.481 e. The van der Waals surface area contributed by atoms with E-state index in [4.69, 9.17) is 5.11 Å². The van der Waals surface area contributed by atoms with Crippen LogP contribution in [0.3, 0.4) is 0 Å². The van der Waals surface area contributed by atoms with Gasteiger partial charge in [0.2, 0.25) is 0 Å². The number of rotatable bonds is 30. The average Bonchev–Trinajstić information content (AvgIpc) is 2.89. The van der Waals surface area contributed by atoms with Gasteiger partial charge in [-0.15, -0.1) is 0 Å². The van der Waals surface area contributed by atoms with E-state index >= 15 is 0 Å². The van der Waals surface area contributed by atoms with Gasteiger partial charge in [-0.1, -0.05) is 163 Å². The molecule has 1 atom stereocenters. The first kappa shape index (κ1) is 37.9. The van der Waals surface area contributed by atoms with E-state index in [1.807, 2.05) is 0 Å². The van der Waals surface area contributed by atoms with Gasteiger partial charge in [0.1, 0.15) is 0 Å². The van der Waals surface area contributed by atoms with E-state index in [1.165, 1.54) is 103 Å². The second-order valence-corrected chi connectivity index (χ2v) is 12.8. The highest BCUT2D eigenvalue weighted by molar-refractivity contribution is 5.75. The van der Waals surface area contributed by atoms with Crippen molar-refractivity contribution >= 4 is 11.9 Å². The van der Waals surface area contributed by atoms with Crippen LogP contribution in [0.1, 0.15) is 195 Å². The third kappa shape index (κ3) is 19.6. The van der Waals surface area contributed by atoms with Crippen molar-refractivity contribution in [3.63, 3.8) is 0 Å². The van der Waals surface area contributed by atoms with E-state index in [9.17, 15) is 14.7 Å². The molecule has 0 aliphatic carbocycles. The van der Waals surface area contributed by atoms with Crippen LogP contribution < -0.4 is 0 Å². The molecule has 39 heavy (non-hydrogen) atoms. The van der Waals surface area contributed by atoms with E-state index < -0.39 is 17.4 Å². The highest BCUT2D eigenvalue weighted by Crippen LogP contribution is 2.46. The summed E-state index contributed by atoms with van der Waals surface area (Å²) in [6.07, 6.45) is 29.3. The second-order valence-electron chi connectivity index (χ2n) is 12.8. The second kappa shape index (κ2) is 25.9. The summed E-state index contributed by atoms with van der Waals surface area (Å²) in [5.74, 6) is -0.527. The smallest absolute Gasteiger partial charge is 0.309 e. The minimum atomic E-state index is -0.680. The van der Waals surface area contributed by atoms with Crippen LogP contribution >= 0.6 is 0 Å². The zero-order valence-electron chi connectivity index (χ0n) is 26.8. The first-order chi connectivity index (χ1) is 18.8. The van der Waals surface area contributed by atoms with Crippen molar-refractivity contribution in [2.45, 2.75) is 195 Å². The predicted molar refractivity (Wildman–Crippen MR) is 167 cm³/mol. The van der Waals surface area contributed by atoms with Gasteiger partial charge in [-0.05, 0) is 37.5 Å². The monoisotopic (exact) mass is 553 g/mol. The Kier molecular flexibility index (Phi) is 25.2. The van der Waals surface area contributed by atoms with Gasteiger partial charge in [0.05, 0.1) is 5.41 Å². The molecule has 4 nitrogen and oxygen atoms in total. The molecule has 1 unspecified atom stereocenters. The molecule has 0 radical (unpaired) electrons. The maximum Gasteiger partial charge on any atom is 0.309 e. The summed E-state index contributed by atoms with van der Waals surface area (Å²) >= 11 is 0. The van der Waals surface area contributed by atoms with Crippen LogP contribution in [0.15, 0.2) is 0 Å². The number of hydrogen-bond acceptors (Lipinski definition) is 2. The Labute approximate surface area is 243 Å². The molecule has 0 bridgehead atoms. The quantitative estimate of drug-likeness (QED) is 0.0869. The summed E-state index contributed by atoms with van der Waals surface area (Å²) in [5, 5.41) is 19.4. The van der Waals surface area contributed by atoms with Crippen molar-refractivity contribution in [2.75, 3.05) is 0 Å². The third-order valence-corrected chi connectivity index (χ3v) is 9.05. The van der Waals surface area contributed by atoms with E-state index in [1.54, 1.807) is 0 Å². The summed E-state index contributed by atoms with van der Waals surface area (Å²) in [5.41, 5.74) is -0.551. The van der Waals surface area contributed by atoms with E-state index in [2.05, 4.69) is 27.7 Å². The van der Waals surface area contributed by atoms with Crippen LogP contribution in [-0.4, -0.2) is 22.2 Å². The molecule has 0 aromatic heterocycles. The Bertz CT molecular complexity index is 555. The van der Waals surface area contributed by atoms with Crippen molar-refractivity contribution in [3.8, 4) is 0 Å². The van der Waals surface area contributed by atoms with Gasteiger partial charge >= 0.3 is 11.9 Å². The number of carboxylic acid groups (broad SMARTS) is 2. The normalized spacial score (nSPS) is 12.7. The van der Waals surface area contributed by atoms with Crippen molar-refractivity contribution < 1.29 is 19.8 Å². The molecule has 0 aromatic carbocycles. The lowest BCUT2D eigenvalue weighted by atomic mass is 9.63. The lowest BCUT2D eigenvalue weighted by Gasteiger charge is -2.40. The number of unbranched alkanes of at least 4 members (excludes halogenated alkanes) is 19. The molecular weight excluding hydrogens is 484 g/mol. The molecule has 0 fully saturated rings. The molecular formula is C35H68O4. The third-order valence-electron chi connectivity index (χ3n) is 9.05. The lowest BCUT2D eigenvalue weighted by molar-refractivity contribution is -0.156. The van der Waals surface area contributed by atoms with Crippen molar-refractivity contribution in [1.29, 1.82) is 0 Å².